The van der Waals surface area contributed by atoms with Gasteiger partial charge in [-0.1, -0.05) is 35.3 Å². The van der Waals surface area contributed by atoms with Crippen molar-refractivity contribution in [1.82, 2.24) is 4.98 Å². The number of amides is 1. The quantitative estimate of drug-likeness (QED) is 0.600. The minimum Gasteiger partial charge on any atom is -0.321 e. The van der Waals surface area contributed by atoms with Gasteiger partial charge in [-0.25, -0.2) is 0 Å². The molecule has 2 N–H and O–H groups in total. The summed E-state index contributed by atoms with van der Waals surface area (Å²) in [5.74, 6) is -0.555. The summed E-state index contributed by atoms with van der Waals surface area (Å²) in [6.07, 6.45) is 1.61. The second kappa shape index (κ2) is 7.66. The number of pyridine rings is 1. The molecule has 27 heavy (non-hydrogen) atoms. The van der Waals surface area contributed by atoms with Crippen molar-refractivity contribution in [3.63, 3.8) is 0 Å². The van der Waals surface area contributed by atoms with Gasteiger partial charge in [0.2, 0.25) is 0 Å². The number of carbonyl (C=O) groups excluding carboxylic acids is 1. The van der Waals surface area contributed by atoms with Crippen LogP contribution in [0.15, 0.2) is 65.7 Å². The standard InChI is InChI=1S/C18H12Cl2N2O4S/c19-13-7-8-15(16(10-13)27(24,25)26)22-18(23)12-5-3-11(4-6-12)17-14(20)2-1-9-21-17/h1-10H,(H,22,23)(H,24,25,26). The van der Waals surface area contributed by atoms with Crippen LogP contribution in [0.3, 0.4) is 0 Å². The predicted octanol–water partition coefficient (Wildman–Crippen LogP) is 4.55. The molecule has 0 radical (unpaired) electrons. The lowest BCUT2D eigenvalue weighted by Crippen LogP contribution is -2.14. The number of nitrogens with one attached hydrogen (secondary N) is 1. The van der Waals surface area contributed by atoms with Crippen LogP contribution >= 0.6 is 23.2 Å². The molecule has 1 aromatic heterocycles. The third-order valence-corrected chi connectivity index (χ3v) is 5.08. The van der Waals surface area contributed by atoms with E-state index in [2.05, 4.69) is 10.3 Å². The fraction of sp³-hybridized carbons (Fsp3) is 0. The minimum absolute atomic E-state index is 0.0799. The molecular weight excluding hydrogens is 411 g/mol. The number of benzene rings is 2. The van der Waals surface area contributed by atoms with Crippen molar-refractivity contribution >= 4 is 44.9 Å². The molecule has 0 bridgehead atoms. The topological polar surface area (TPSA) is 96.4 Å². The van der Waals surface area contributed by atoms with Gasteiger partial charge in [-0.15, -0.1) is 0 Å². The van der Waals surface area contributed by atoms with E-state index in [1.807, 2.05) is 0 Å². The van der Waals surface area contributed by atoms with Gasteiger partial charge in [0, 0.05) is 22.3 Å². The smallest absolute Gasteiger partial charge is 0.296 e. The largest absolute Gasteiger partial charge is 0.321 e. The maximum atomic E-state index is 12.4. The molecule has 0 aliphatic rings. The lowest BCUT2D eigenvalue weighted by Gasteiger charge is -2.10. The predicted molar refractivity (Wildman–Crippen MR) is 104 cm³/mol. The highest BCUT2D eigenvalue weighted by Gasteiger charge is 2.18. The molecule has 9 heteroatoms. The van der Waals surface area contributed by atoms with Crippen molar-refractivity contribution in [1.29, 1.82) is 0 Å². The number of rotatable bonds is 4. The summed E-state index contributed by atoms with van der Waals surface area (Å²) in [5.41, 5.74) is 1.51. The van der Waals surface area contributed by atoms with E-state index in [9.17, 15) is 17.8 Å². The molecule has 3 rings (SSSR count). The monoisotopic (exact) mass is 422 g/mol. The fourth-order valence-corrected chi connectivity index (χ4v) is 3.53. The molecule has 6 nitrogen and oxygen atoms in total. The normalized spacial score (nSPS) is 11.2. The highest BCUT2D eigenvalue weighted by Crippen LogP contribution is 2.27. The average Bonchev–Trinajstić information content (AvgIpc) is 2.63. The van der Waals surface area contributed by atoms with Crippen molar-refractivity contribution in [3.8, 4) is 11.3 Å². The van der Waals surface area contributed by atoms with Crippen LogP contribution < -0.4 is 5.32 Å². The molecule has 1 heterocycles. The van der Waals surface area contributed by atoms with Gasteiger partial charge >= 0.3 is 0 Å². The Balaban J connectivity index is 1.87. The molecule has 0 spiro atoms. The summed E-state index contributed by atoms with van der Waals surface area (Å²) in [7, 11) is -4.55. The summed E-state index contributed by atoms with van der Waals surface area (Å²) < 4.78 is 32.3. The van der Waals surface area contributed by atoms with Gasteiger partial charge < -0.3 is 5.32 Å². The molecule has 0 aliphatic heterocycles. The van der Waals surface area contributed by atoms with Crippen LogP contribution in [0.1, 0.15) is 10.4 Å². The number of anilines is 1. The van der Waals surface area contributed by atoms with Gasteiger partial charge in [0.1, 0.15) is 4.90 Å². The van der Waals surface area contributed by atoms with Crippen molar-refractivity contribution in [2.24, 2.45) is 0 Å². The number of carbonyl (C=O) groups is 1. The number of hydrogen-bond acceptors (Lipinski definition) is 4. The molecule has 0 aliphatic carbocycles. The second-order valence-corrected chi connectivity index (χ2v) is 7.71. The molecule has 0 unspecified atom stereocenters. The Morgan fingerprint density at radius 3 is 2.37 bits per heavy atom. The molecule has 0 saturated carbocycles. The summed E-state index contributed by atoms with van der Waals surface area (Å²) in [6, 6.07) is 13.6. The van der Waals surface area contributed by atoms with E-state index in [-0.39, 0.29) is 16.3 Å². The van der Waals surface area contributed by atoms with Crippen LogP contribution in [0.25, 0.3) is 11.3 Å². The van der Waals surface area contributed by atoms with Gasteiger partial charge in [-0.3, -0.25) is 14.3 Å². The number of hydrogen-bond donors (Lipinski definition) is 2. The summed E-state index contributed by atoms with van der Waals surface area (Å²) in [5, 5.41) is 3.04. The third-order valence-electron chi connectivity index (χ3n) is 3.65. The Morgan fingerprint density at radius 2 is 1.74 bits per heavy atom. The van der Waals surface area contributed by atoms with Gasteiger partial charge in [0.05, 0.1) is 16.4 Å². The lowest BCUT2D eigenvalue weighted by molar-refractivity contribution is 0.102. The molecular formula is C18H12Cl2N2O4S. The van der Waals surface area contributed by atoms with Gasteiger partial charge in [0.25, 0.3) is 16.0 Å². The van der Waals surface area contributed by atoms with Gasteiger partial charge in [-0.2, -0.15) is 8.42 Å². The molecule has 1 amide bonds. The summed E-state index contributed by atoms with van der Waals surface area (Å²) >= 11 is 11.9. The zero-order chi connectivity index (χ0) is 19.6. The van der Waals surface area contributed by atoms with E-state index < -0.39 is 20.9 Å². The molecule has 0 atom stereocenters. The van der Waals surface area contributed by atoms with E-state index in [0.717, 1.165) is 11.6 Å². The second-order valence-electron chi connectivity index (χ2n) is 5.48. The first-order valence-corrected chi connectivity index (χ1v) is 9.74. The SMILES string of the molecule is O=C(Nc1ccc(Cl)cc1S(=O)(=O)O)c1ccc(-c2ncccc2Cl)cc1. The maximum Gasteiger partial charge on any atom is 0.296 e. The van der Waals surface area contributed by atoms with Crippen molar-refractivity contribution in [2.75, 3.05) is 5.32 Å². The van der Waals surface area contributed by atoms with Crippen LogP contribution in [-0.2, 0) is 10.1 Å². The minimum atomic E-state index is -4.55. The highest BCUT2D eigenvalue weighted by atomic mass is 35.5. The number of halogens is 2. The Bertz CT molecular complexity index is 1120. The molecule has 0 fully saturated rings. The molecule has 3 aromatic rings. The zero-order valence-electron chi connectivity index (χ0n) is 13.6. The highest BCUT2D eigenvalue weighted by molar-refractivity contribution is 7.86. The van der Waals surface area contributed by atoms with Crippen LogP contribution in [0, 0.1) is 0 Å². The maximum absolute atomic E-state index is 12.4. The average molecular weight is 423 g/mol. The van der Waals surface area contributed by atoms with Gasteiger partial charge in [0.15, 0.2) is 0 Å². The number of aromatic nitrogens is 1. The van der Waals surface area contributed by atoms with Crippen LogP contribution in [0.5, 0.6) is 0 Å². The van der Waals surface area contributed by atoms with E-state index in [1.54, 1.807) is 42.6 Å². The van der Waals surface area contributed by atoms with E-state index in [0.29, 0.717) is 10.7 Å². The molecule has 0 saturated heterocycles. The zero-order valence-corrected chi connectivity index (χ0v) is 15.9. The van der Waals surface area contributed by atoms with Gasteiger partial charge in [-0.05, 0) is 42.5 Å². The van der Waals surface area contributed by atoms with E-state index >= 15 is 0 Å². The fourth-order valence-electron chi connectivity index (χ4n) is 2.38. The lowest BCUT2D eigenvalue weighted by atomic mass is 10.1. The van der Waals surface area contributed by atoms with E-state index in [1.165, 1.54) is 12.1 Å². The number of nitrogens with zero attached hydrogens (tertiary/aromatic N) is 1. The van der Waals surface area contributed by atoms with Crippen molar-refractivity contribution in [2.45, 2.75) is 4.90 Å². The van der Waals surface area contributed by atoms with Crippen LogP contribution in [-0.4, -0.2) is 23.9 Å². The Kier molecular flexibility index (Phi) is 5.48. The Hall–Kier alpha value is -2.45. The molecule has 138 valence electrons. The van der Waals surface area contributed by atoms with Crippen LogP contribution in [0.2, 0.25) is 10.0 Å². The van der Waals surface area contributed by atoms with E-state index in [4.69, 9.17) is 23.2 Å². The summed E-state index contributed by atoms with van der Waals surface area (Å²) in [6.45, 7) is 0. The Labute approximate surface area is 165 Å². The molecule has 2 aromatic carbocycles. The first kappa shape index (κ1) is 19.3. The first-order chi connectivity index (χ1) is 12.8. The first-order valence-electron chi connectivity index (χ1n) is 7.55. The third kappa shape index (κ3) is 4.45. The van der Waals surface area contributed by atoms with Crippen molar-refractivity contribution < 1.29 is 17.8 Å². The summed E-state index contributed by atoms with van der Waals surface area (Å²) in [4.78, 5) is 16.1. The Morgan fingerprint density at radius 1 is 1.04 bits per heavy atom. The van der Waals surface area contributed by atoms with Crippen molar-refractivity contribution in [3.05, 3.63) is 76.4 Å². The van der Waals surface area contributed by atoms with Crippen LogP contribution in [0.4, 0.5) is 5.69 Å².